The minimum Gasteiger partial charge on any atom is -0.465 e. The molecule has 0 radical (unpaired) electrons. The van der Waals surface area contributed by atoms with Crippen molar-refractivity contribution in [1.82, 2.24) is 24.4 Å². The highest BCUT2D eigenvalue weighted by molar-refractivity contribution is 5.71. The lowest BCUT2D eigenvalue weighted by Crippen LogP contribution is -2.59. The molecule has 1 aliphatic carbocycles. The number of hydrogen-bond donors (Lipinski definition) is 3. The second-order valence-electron chi connectivity index (χ2n) is 10.4. The number of benzene rings is 1. The Morgan fingerprint density at radius 3 is 2.56 bits per heavy atom. The molecule has 1 aromatic carbocycles. The zero-order valence-electron chi connectivity index (χ0n) is 21.0. The minimum atomic E-state index is -1.25. The maximum atomic E-state index is 14.5. The van der Waals surface area contributed by atoms with Gasteiger partial charge in [-0.1, -0.05) is 12.5 Å². The van der Waals surface area contributed by atoms with E-state index in [1.54, 1.807) is 24.5 Å². The summed E-state index contributed by atoms with van der Waals surface area (Å²) in [6.45, 7) is 0. The van der Waals surface area contributed by atoms with Crippen LogP contribution in [0.2, 0.25) is 0 Å². The van der Waals surface area contributed by atoms with Crippen molar-refractivity contribution in [3.8, 4) is 0 Å². The first-order valence-corrected chi connectivity index (χ1v) is 13.1. The molecular weight excluding hydrogens is 506 g/mol. The van der Waals surface area contributed by atoms with Crippen LogP contribution in [0.1, 0.15) is 60.5 Å². The van der Waals surface area contributed by atoms with Gasteiger partial charge < -0.3 is 10.8 Å². The normalized spacial score (nSPS) is 25.3. The molecule has 3 unspecified atom stereocenters. The molecule has 0 saturated carbocycles. The van der Waals surface area contributed by atoms with Crippen molar-refractivity contribution >= 4 is 17.3 Å². The predicted molar refractivity (Wildman–Crippen MR) is 139 cm³/mol. The molecule has 2 aliphatic rings. The fourth-order valence-corrected chi connectivity index (χ4v) is 6.62. The number of aromatic amines is 1. The van der Waals surface area contributed by atoms with E-state index in [1.807, 2.05) is 12.1 Å². The number of rotatable bonds is 3. The number of carbonyl (C=O) groups is 1. The Morgan fingerprint density at radius 2 is 1.79 bits per heavy atom. The summed E-state index contributed by atoms with van der Waals surface area (Å²) < 4.78 is 30.4. The predicted octanol–water partition coefficient (Wildman–Crippen LogP) is 4.27. The molecule has 6 rings (SSSR count). The van der Waals surface area contributed by atoms with Gasteiger partial charge in [-0.25, -0.2) is 23.4 Å². The van der Waals surface area contributed by atoms with E-state index in [0.29, 0.717) is 17.6 Å². The van der Waals surface area contributed by atoms with E-state index in [0.717, 1.165) is 48.7 Å². The van der Waals surface area contributed by atoms with Crippen molar-refractivity contribution in [3.63, 3.8) is 0 Å². The number of fused-ring (bicyclic) bond motifs is 2. The summed E-state index contributed by atoms with van der Waals surface area (Å²) in [4.78, 5) is 39.1. The average molecular weight is 535 g/mol. The van der Waals surface area contributed by atoms with Crippen LogP contribution in [-0.4, -0.2) is 47.7 Å². The number of carboxylic acid groups (broad SMARTS) is 1. The van der Waals surface area contributed by atoms with Crippen molar-refractivity contribution in [2.75, 3.05) is 0 Å². The number of nitrogens with zero attached hydrogens (tertiary/aromatic N) is 4. The van der Waals surface area contributed by atoms with Gasteiger partial charge in [0.25, 0.3) is 0 Å². The highest BCUT2D eigenvalue weighted by Gasteiger charge is 2.49. The number of nitrogens with two attached hydrogens (primary N) is 1. The number of aryl methyl sites for hydroxylation is 1. The Bertz CT molecular complexity index is 1580. The lowest BCUT2D eigenvalue weighted by atomic mass is 9.76. The number of halogens is 2. The number of H-pyrrole nitrogens is 1. The Kier molecular flexibility index (Phi) is 6.38. The third-order valence-corrected chi connectivity index (χ3v) is 8.17. The van der Waals surface area contributed by atoms with E-state index in [4.69, 9.17) is 5.73 Å². The van der Waals surface area contributed by atoms with Gasteiger partial charge in [0, 0.05) is 36.1 Å². The maximum absolute atomic E-state index is 14.5. The van der Waals surface area contributed by atoms with E-state index in [1.165, 1.54) is 9.47 Å². The van der Waals surface area contributed by atoms with E-state index >= 15 is 0 Å². The van der Waals surface area contributed by atoms with E-state index < -0.39 is 47.6 Å². The number of hydrogen-bond acceptors (Lipinski definition) is 5. The van der Waals surface area contributed by atoms with Gasteiger partial charge in [-0.15, -0.1) is 0 Å². The maximum Gasteiger partial charge on any atom is 0.408 e. The van der Waals surface area contributed by atoms with Gasteiger partial charge in [0.15, 0.2) is 5.65 Å². The van der Waals surface area contributed by atoms with Gasteiger partial charge in [0.1, 0.15) is 11.6 Å². The Labute approximate surface area is 222 Å². The van der Waals surface area contributed by atoms with Crippen LogP contribution in [0, 0.1) is 11.6 Å². The summed E-state index contributed by atoms with van der Waals surface area (Å²) in [5.74, 6) is -1.97. The fraction of sp³-hybridized carbons (Fsp3) is 0.357. The highest BCUT2D eigenvalue weighted by Crippen LogP contribution is 2.46. The van der Waals surface area contributed by atoms with Crippen molar-refractivity contribution in [2.45, 2.75) is 62.2 Å². The smallest absolute Gasteiger partial charge is 0.408 e. The molecule has 1 aliphatic heterocycles. The number of imidazole rings is 1. The first kappa shape index (κ1) is 25.2. The number of nitrogens with one attached hydrogen (secondary N) is 1. The second kappa shape index (κ2) is 9.88. The Hall–Kier alpha value is -4.12. The molecule has 11 heteroatoms. The Balaban J connectivity index is 1.57. The van der Waals surface area contributed by atoms with E-state index in [-0.39, 0.29) is 17.9 Å². The fourth-order valence-electron chi connectivity index (χ4n) is 6.62. The van der Waals surface area contributed by atoms with Crippen molar-refractivity contribution in [2.24, 2.45) is 5.73 Å². The third kappa shape index (κ3) is 4.36. The van der Waals surface area contributed by atoms with E-state index in [2.05, 4.69) is 15.0 Å². The molecule has 39 heavy (non-hydrogen) atoms. The van der Waals surface area contributed by atoms with Crippen LogP contribution in [0.3, 0.4) is 0 Å². The summed E-state index contributed by atoms with van der Waals surface area (Å²) in [7, 11) is 0. The van der Waals surface area contributed by atoms with Crippen molar-refractivity contribution in [3.05, 3.63) is 93.8 Å². The van der Waals surface area contributed by atoms with Crippen LogP contribution in [0.15, 0.2) is 59.7 Å². The zero-order valence-corrected chi connectivity index (χ0v) is 21.0. The number of amides is 1. The van der Waals surface area contributed by atoms with Crippen LogP contribution in [0.4, 0.5) is 13.6 Å². The van der Waals surface area contributed by atoms with Gasteiger partial charge in [-0.2, -0.15) is 0 Å². The van der Waals surface area contributed by atoms with Gasteiger partial charge in [0.2, 0.25) is 0 Å². The van der Waals surface area contributed by atoms with Crippen molar-refractivity contribution < 1.29 is 18.7 Å². The first-order valence-electron chi connectivity index (χ1n) is 13.1. The average Bonchev–Trinajstić information content (AvgIpc) is 3.08. The van der Waals surface area contributed by atoms with Crippen LogP contribution >= 0.6 is 0 Å². The number of likely N-dealkylation sites (tertiary alicyclic amines) is 1. The van der Waals surface area contributed by atoms with Crippen LogP contribution in [0.25, 0.3) is 11.2 Å². The number of piperidine rings is 1. The lowest BCUT2D eigenvalue weighted by Gasteiger charge is -2.50. The summed E-state index contributed by atoms with van der Waals surface area (Å²) >= 11 is 0. The quantitative estimate of drug-likeness (QED) is 0.337. The highest BCUT2D eigenvalue weighted by atomic mass is 19.1. The largest absolute Gasteiger partial charge is 0.465 e. The molecule has 4 heterocycles. The molecule has 1 amide bonds. The van der Waals surface area contributed by atoms with Gasteiger partial charge in [-0.05, 0) is 67.1 Å². The van der Waals surface area contributed by atoms with Crippen molar-refractivity contribution in [1.29, 1.82) is 0 Å². The standard InChI is InChI=1S/C28H28F2N6O3/c29-17-11-16(12-18(30)13-17)25-23(31)22(35-20-8-4-10-33-26(20)34-27(35)37)14-21(36(25)28(38)39)19-7-2-1-5-15-6-3-9-32-24(15)19/h3-4,6,8-13,19,21-23,25H,1-2,5,7,14,31H2,(H,38,39)(H,33,34,37)/t19?,21?,22?,23-,25-/m0/s1. The molecule has 9 nitrogen and oxygen atoms in total. The SMILES string of the molecule is N[C@H]1C(n2c(=O)[nH]c3ncccc32)CC(C2CCCCc3cccnc32)N(C(=O)O)[C@H]1c1cc(F)cc(F)c1. The van der Waals surface area contributed by atoms with Crippen LogP contribution < -0.4 is 11.4 Å². The molecule has 0 spiro atoms. The monoisotopic (exact) mass is 534 g/mol. The van der Waals surface area contributed by atoms with Crippen LogP contribution in [-0.2, 0) is 6.42 Å². The molecule has 5 atom stereocenters. The van der Waals surface area contributed by atoms with Gasteiger partial charge in [-0.3, -0.25) is 19.4 Å². The number of aromatic nitrogens is 4. The summed E-state index contributed by atoms with van der Waals surface area (Å²) in [5, 5.41) is 10.6. The van der Waals surface area contributed by atoms with Crippen LogP contribution in [0.5, 0.6) is 0 Å². The van der Waals surface area contributed by atoms with Gasteiger partial charge in [0.05, 0.1) is 23.6 Å². The summed E-state index contributed by atoms with van der Waals surface area (Å²) in [6, 6.07) is 6.80. The second-order valence-corrected chi connectivity index (χ2v) is 10.4. The Morgan fingerprint density at radius 1 is 1.05 bits per heavy atom. The minimum absolute atomic E-state index is 0.0954. The number of pyridine rings is 2. The molecule has 4 N–H and O–H groups in total. The van der Waals surface area contributed by atoms with E-state index in [9.17, 15) is 23.5 Å². The lowest BCUT2D eigenvalue weighted by molar-refractivity contribution is 0.0264. The topological polar surface area (TPSA) is 130 Å². The molecular formula is C28H28F2N6O3. The zero-order chi connectivity index (χ0) is 27.3. The molecule has 202 valence electrons. The molecule has 1 saturated heterocycles. The molecule has 3 aromatic heterocycles. The summed E-state index contributed by atoms with van der Waals surface area (Å²) in [6.07, 6.45) is 5.52. The molecule has 4 aromatic rings. The molecule has 1 fully saturated rings. The third-order valence-electron chi connectivity index (χ3n) is 8.17. The summed E-state index contributed by atoms with van der Waals surface area (Å²) in [5.41, 5.74) is 9.22. The first-order chi connectivity index (χ1) is 18.8. The van der Waals surface area contributed by atoms with Gasteiger partial charge >= 0.3 is 11.8 Å². The molecule has 0 bridgehead atoms.